The summed E-state index contributed by atoms with van der Waals surface area (Å²) in [5, 5.41) is 3.57. The van der Waals surface area contributed by atoms with Gasteiger partial charge >= 0.3 is 57.4 Å². The zero-order chi connectivity index (χ0) is 7.40. The van der Waals surface area contributed by atoms with Gasteiger partial charge in [0.1, 0.15) is 0 Å². The Morgan fingerprint density at radius 3 is 2.91 bits per heavy atom. The van der Waals surface area contributed by atoms with E-state index in [9.17, 15) is 4.79 Å². The SMILES string of the molecule is CC(=O)OOc1ccsc1.[H-].[K+]. The second kappa shape index (κ2) is 6.16. The van der Waals surface area contributed by atoms with Crippen molar-refractivity contribution in [3.63, 3.8) is 0 Å². The first-order valence-corrected chi connectivity index (χ1v) is 3.60. The van der Waals surface area contributed by atoms with Gasteiger partial charge in [0.05, 0.1) is 0 Å². The minimum atomic E-state index is -0.453. The van der Waals surface area contributed by atoms with Crippen molar-refractivity contribution in [1.82, 2.24) is 0 Å². The standard InChI is InChI=1S/C6H6O3S.K.H/c1-5(7)8-9-6-2-3-10-4-6;;/h2-4H,1H3;;/q;+1;-1. The molecule has 0 amide bonds. The van der Waals surface area contributed by atoms with E-state index < -0.39 is 5.97 Å². The van der Waals surface area contributed by atoms with Gasteiger partial charge in [0, 0.05) is 12.3 Å². The van der Waals surface area contributed by atoms with Crippen molar-refractivity contribution in [2.24, 2.45) is 0 Å². The van der Waals surface area contributed by atoms with E-state index in [0.717, 1.165) is 0 Å². The number of hydrogen-bond acceptors (Lipinski definition) is 4. The van der Waals surface area contributed by atoms with Crippen LogP contribution in [0.1, 0.15) is 8.35 Å². The van der Waals surface area contributed by atoms with E-state index in [1.807, 2.05) is 5.38 Å². The van der Waals surface area contributed by atoms with Crippen molar-refractivity contribution < 1.29 is 67.4 Å². The summed E-state index contributed by atoms with van der Waals surface area (Å²) in [6, 6.07) is 1.72. The molecule has 1 rings (SSSR count). The molecule has 5 heteroatoms. The molecule has 0 aliphatic rings. The summed E-state index contributed by atoms with van der Waals surface area (Å²) >= 11 is 1.47. The summed E-state index contributed by atoms with van der Waals surface area (Å²) in [5.41, 5.74) is 0. The summed E-state index contributed by atoms with van der Waals surface area (Å²) in [7, 11) is 0. The zero-order valence-corrected chi connectivity index (χ0v) is 10.3. The predicted molar refractivity (Wildman–Crippen MR) is 37.8 cm³/mol. The summed E-state index contributed by atoms with van der Waals surface area (Å²) in [5.74, 6) is 0.103. The van der Waals surface area contributed by atoms with Gasteiger partial charge in [-0.15, -0.1) is 11.3 Å². The molecule has 0 aromatic carbocycles. The average Bonchev–Trinajstić information content (AvgIpc) is 2.34. The van der Waals surface area contributed by atoms with Crippen molar-refractivity contribution in [2.45, 2.75) is 6.92 Å². The first-order chi connectivity index (χ1) is 4.79. The Morgan fingerprint density at radius 1 is 1.73 bits per heavy atom. The largest absolute Gasteiger partial charge is 1.00 e. The van der Waals surface area contributed by atoms with Gasteiger partial charge < -0.3 is 1.43 Å². The molecule has 0 aliphatic carbocycles. The molecule has 0 atom stereocenters. The second-order valence-electron chi connectivity index (χ2n) is 1.62. The predicted octanol–water partition coefficient (Wildman–Crippen LogP) is -1.28. The molecule has 0 aliphatic heterocycles. The number of hydrogen-bond donors (Lipinski definition) is 0. The molecular formula is C6H7KO3S. The normalized spacial score (nSPS) is 8.09. The van der Waals surface area contributed by atoms with Gasteiger partial charge in [-0.1, -0.05) is 0 Å². The third kappa shape index (κ3) is 4.94. The minimum absolute atomic E-state index is 0. The fourth-order valence-corrected chi connectivity index (χ4v) is 0.949. The quantitative estimate of drug-likeness (QED) is 0.337. The smallest absolute Gasteiger partial charge is 1.00 e. The molecule has 1 heterocycles. The van der Waals surface area contributed by atoms with Gasteiger partial charge in [-0.05, 0) is 11.4 Å². The number of thiophene rings is 1. The van der Waals surface area contributed by atoms with Crippen molar-refractivity contribution >= 4 is 17.3 Å². The fraction of sp³-hybridized carbons (Fsp3) is 0.167. The van der Waals surface area contributed by atoms with Gasteiger partial charge in [0.15, 0.2) is 5.75 Å². The van der Waals surface area contributed by atoms with Crippen LogP contribution in [-0.2, 0) is 9.68 Å². The zero-order valence-electron chi connectivity index (χ0n) is 7.37. The molecule has 1 aromatic rings. The number of rotatable bonds is 2. The molecule has 11 heavy (non-hydrogen) atoms. The Hall–Kier alpha value is 0.606. The maximum absolute atomic E-state index is 10.2. The summed E-state index contributed by atoms with van der Waals surface area (Å²) < 4.78 is 0. The Bertz CT molecular complexity index is 215. The van der Waals surface area contributed by atoms with Crippen LogP contribution in [0, 0.1) is 0 Å². The van der Waals surface area contributed by atoms with Crippen LogP contribution in [0.25, 0.3) is 0 Å². The molecule has 0 spiro atoms. The Kier molecular flexibility index (Phi) is 6.50. The van der Waals surface area contributed by atoms with Crippen LogP contribution in [0.2, 0.25) is 0 Å². The molecule has 0 radical (unpaired) electrons. The van der Waals surface area contributed by atoms with E-state index in [1.165, 1.54) is 18.3 Å². The van der Waals surface area contributed by atoms with Crippen LogP contribution in [0.3, 0.4) is 0 Å². The maximum Gasteiger partial charge on any atom is 1.00 e. The molecule has 0 unspecified atom stereocenters. The van der Waals surface area contributed by atoms with Crippen molar-refractivity contribution in [3.8, 4) is 5.75 Å². The van der Waals surface area contributed by atoms with E-state index in [2.05, 4.69) is 9.78 Å². The first-order valence-electron chi connectivity index (χ1n) is 2.66. The van der Waals surface area contributed by atoms with Crippen LogP contribution in [-0.4, -0.2) is 5.97 Å². The van der Waals surface area contributed by atoms with E-state index in [4.69, 9.17) is 0 Å². The van der Waals surface area contributed by atoms with E-state index >= 15 is 0 Å². The summed E-state index contributed by atoms with van der Waals surface area (Å²) in [4.78, 5) is 19.0. The molecule has 3 nitrogen and oxygen atoms in total. The summed E-state index contributed by atoms with van der Waals surface area (Å²) in [6.07, 6.45) is 0. The van der Waals surface area contributed by atoms with E-state index in [-0.39, 0.29) is 52.8 Å². The van der Waals surface area contributed by atoms with Crippen molar-refractivity contribution in [1.29, 1.82) is 0 Å². The minimum Gasteiger partial charge on any atom is -1.00 e. The first kappa shape index (κ1) is 11.6. The Morgan fingerprint density at radius 2 is 2.45 bits per heavy atom. The van der Waals surface area contributed by atoms with Gasteiger partial charge in [0.2, 0.25) is 0 Å². The maximum atomic E-state index is 10.2. The third-order valence-corrected chi connectivity index (χ3v) is 1.41. The molecular weight excluding hydrogens is 191 g/mol. The van der Waals surface area contributed by atoms with Gasteiger partial charge in [-0.3, -0.25) is 9.78 Å². The molecule has 0 saturated heterocycles. The monoisotopic (exact) mass is 198 g/mol. The van der Waals surface area contributed by atoms with Crippen LogP contribution in [0.5, 0.6) is 5.75 Å². The van der Waals surface area contributed by atoms with Crippen LogP contribution in [0.4, 0.5) is 0 Å². The van der Waals surface area contributed by atoms with Crippen LogP contribution < -0.4 is 56.3 Å². The van der Waals surface area contributed by atoms with Crippen molar-refractivity contribution in [2.75, 3.05) is 0 Å². The van der Waals surface area contributed by atoms with Crippen molar-refractivity contribution in [3.05, 3.63) is 16.8 Å². The Labute approximate surface area is 113 Å². The van der Waals surface area contributed by atoms with E-state index in [1.54, 1.807) is 11.4 Å². The molecule has 56 valence electrons. The number of carbonyl (C=O) groups excluding carboxylic acids is 1. The van der Waals surface area contributed by atoms with Gasteiger partial charge in [-0.25, -0.2) is 4.79 Å². The van der Waals surface area contributed by atoms with Gasteiger partial charge in [-0.2, -0.15) is 0 Å². The average molecular weight is 198 g/mol. The van der Waals surface area contributed by atoms with E-state index in [0.29, 0.717) is 5.75 Å². The second-order valence-corrected chi connectivity index (χ2v) is 2.40. The number of carbonyl (C=O) groups is 1. The molecule has 0 saturated carbocycles. The van der Waals surface area contributed by atoms with Crippen LogP contribution >= 0.6 is 11.3 Å². The Balaban J connectivity index is 0. The fourth-order valence-electron chi connectivity index (χ4n) is 0.406. The summed E-state index contributed by atoms with van der Waals surface area (Å²) in [6.45, 7) is 1.28. The molecule has 1 aromatic heterocycles. The van der Waals surface area contributed by atoms with Gasteiger partial charge in [0.25, 0.3) is 0 Å². The topological polar surface area (TPSA) is 35.5 Å². The molecule has 0 fully saturated rings. The molecule has 0 bridgehead atoms. The van der Waals surface area contributed by atoms with Crippen LogP contribution in [0.15, 0.2) is 16.8 Å². The molecule has 0 N–H and O–H groups in total. The third-order valence-electron chi connectivity index (χ3n) is 0.750.